The van der Waals surface area contributed by atoms with Gasteiger partial charge in [-0.15, -0.1) is 0 Å². The molecule has 53 heavy (non-hydrogen) atoms. The SMILES string of the molecule is c1ccc(N(c2ccccc2)c2c3ccccc3cc3c2c2cccc4c5c(N(c6ccccc6)c6ccccc6)c6ccccc6cc5n3c24)cc1. The van der Waals surface area contributed by atoms with Crippen molar-refractivity contribution >= 4 is 93.8 Å². The van der Waals surface area contributed by atoms with Crippen molar-refractivity contribution in [3.05, 3.63) is 200 Å². The Morgan fingerprint density at radius 1 is 0.302 bits per heavy atom. The predicted octanol–water partition coefficient (Wildman–Crippen LogP) is 14.1. The van der Waals surface area contributed by atoms with Gasteiger partial charge < -0.3 is 14.2 Å². The fourth-order valence-electron chi connectivity index (χ4n) is 8.66. The average Bonchev–Trinajstić information content (AvgIpc) is 3.74. The summed E-state index contributed by atoms with van der Waals surface area (Å²) >= 11 is 0. The Kier molecular flexibility index (Phi) is 6.55. The predicted molar refractivity (Wildman–Crippen MR) is 225 cm³/mol. The largest absolute Gasteiger partial charge is 0.309 e. The molecule has 0 atom stereocenters. The van der Waals surface area contributed by atoms with Crippen LogP contribution in [0.25, 0.3) is 59.6 Å². The zero-order chi connectivity index (χ0) is 34.9. The van der Waals surface area contributed by atoms with E-state index in [-0.39, 0.29) is 0 Å². The molecule has 0 saturated heterocycles. The lowest BCUT2D eigenvalue weighted by molar-refractivity contribution is 1.30. The van der Waals surface area contributed by atoms with Crippen molar-refractivity contribution in [3.8, 4) is 0 Å². The zero-order valence-corrected chi connectivity index (χ0v) is 28.9. The maximum Gasteiger partial charge on any atom is 0.0640 e. The van der Waals surface area contributed by atoms with E-state index in [4.69, 9.17) is 0 Å². The van der Waals surface area contributed by atoms with Crippen molar-refractivity contribution in [3.63, 3.8) is 0 Å². The summed E-state index contributed by atoms with van der Waals surface area (Å²) < 4.78 is 2.55. The van der Waals surface area contributed by atoms with Gasteiger partial charge in [0.25, 0.3) is 0 Å². The molecule has 0 saturated carbocycles. The van der Waals surface area contributed by atoms with E-state index >= 15 is 0 Å². The second kappa shape index (κ2) is 11.7. The van der Waals surface area contributed by atoms with Crippen molar-refractivity contribution < 1.29 is 0 Å². The highest BCUT2D eigenvalue weighted by atomic mass is 15.2. The van der Waals surface area contributed by atoms with Gasteiger partial charge in [-0.05, 0) is 71.4 Å². The standard InChI is InChI=1S/C50H33N3/c1-5-20-36(21-6-1)51(37-22-7-2-8-23-37)49-40-28-15-13-18-34(40)32-44-46(49)42-30-17-31-43-47-45(53(44)48(42)43)33-35-19-14-16-29-41(35)50(47)52(38-24-9-3-10-25-38)39-26-11-4-12-27-39/h1-33H. The third-order valence-corrected chi connectivity index (χ3v) is 10.8. The molecule has 11 rings (SSSR count). The van der Waals surface area contributed by atoms with Gasteiger partial charge in [0.05, 0.1) is 27.9 Å². The highest BCUT2D eigenvalue weighted by Crippen LogP contribution is 2.52. The monoisotopic (exact) mass is 675 g/mol. The normalized spacial score (nSPS) is 11.8. The molecular weight excluding hydrogens is 643 g/mol. The van der Waals surface area contributed by atoms with Crippen LogP contribution in [0, 0.1) is 0 Å². The highest BCUT2D eigenvalue weighted by molar-refractivity contribution is 6.33. The van der Waals surface area contributed by atoms with Crippen LogP contribution in [-0.2, 0) is 0 Å². The van der Waals surface area contributed by atoms with Crippen LogP contribution in [-0.4, -0.2) is 4.40 Å². The Morgan fingerprint density at radius 3 is 1.00 bits per heavy atom. The molecule has 11 aromatic rings. The Morgan fingerprint density at radius 2 is 0.623 bits per heavy atom. The number of hydrogen-bond donors (Lipinski definition) is 0. The van der Waals surface area contributed by atoms with Gasteiger partial charge in [0.15, 0.2) is 0 Å². The lowest BCUT2D eigenvalue weighted by atomic mass is 9.98. The molecule has 0 aliphatic carbocycles. The molecule has 0 spiro atoms. The van der Waals surface area contributed by atoms with E-state index in [2.05, 4.69) is 214 Å². The second-order valence-corrected chi connectivity index (χ2v) is 13.7. The smallest absolute Gasteiger partial charge is 0.0640 e. The second-order valence-electron chi connectivity index (χ2n) is 13.7. The molecule has 0 bridgehead atoms. The summed E-state index contributed by atoms with van der Waals surface area (Å²) in [7, 11) is 0. The number of anilines is 6. The minimum absolute atomic E-state index is 1.13. The molecule has 0 aliphatic rings. The van der Waals surface area contributed by atoms with Gasteiger partial charge in [-0.3, -0.25) is 0 Å². The molecule has 3 nitrogen and oxygen atoms in total. The van der Waals surface area contributed by atoms with E-state index in [1.54, 1.807) is 0 Å². The molecule has 0 amide bonds. The van der Waals surface area contributed by atoms with E-state index in [0.717, 1.165) is 22.7 Å². The van der Waals surface area contributed by atoms with Crippen molar-refractivity contribution in [2.45, 2.75) is 0 Å². The van der Waals surface area contributed by atoms with Crippen molar-refractivity contribution in [2.75, 3.05) is 9.80 Å². The van der Waals surface area contributed by atoms with Gasteiger partial charge in [0.1, 0.15) is 0 Å². The van der Waals surface area contributed by atoms with Crippen molar-refractivity contribution in [1.82, 2.24) is 4.40 Å². The maximum atomic E-state index is 2.55. The molecule has 2 heterocycles. The zero-order valence-electron chi connectivity index (χ0n) is 28.9. The van der Waals surface area contributed by atoms with Gasteiger partial charge >= 0.3 is 0 Å². The molecular formula is C50H33N3. The minimum atomic E-state index is 1.13. The summed E-state index contributed by atoms with van der Waals surface area (Å²) in [5.74, 6) is 0. The van der Waals surface area contributed by atoms with E-state index < -0.39 is 0 Å². The molecule has 0 unspecified atom stereocenters. The fourth-order valence-corrected chi connectivity index (χ4v) is 8.66. The topological polar surface area (TPSA) is 10.9 Å². The quantitative estimate of drug-likeness (QED) is 0.174. The van der Waals surface area contributed by atoms with Gasteiger partial charge in [0, 0.05) is 55.1 Å². The van der Waals surface area contributed by atoms with Crippen LogP contribution in [0.2, 0.25) is 0 Å². The average molecular weight is 676 g/mol. The van der Waals surface area contributed by atoms with Gasteiger partial charge in [-0.25, -0.2) is 0 Å². The van der Waals surface area contributed by atoms with Crippen LogP contribution < -0.4 is 9.80 Å². The Bertz CT molecular complexity index is 2810. The van der Waals surface area contributed by atoms with Gasteiger partial charge in [-0.1, -0.05) is 140 Å². The van der Waals surface area contributed by atoms with E-state index in [1.807, 2.05) is 0 Å². The summed E-state index contributed by atoms with van der Waals surface area (Å²) in [5.41, 5.74) is 10.5. The number of aromatic nitrogens is 1. The van der Waals surface area contributed by atoms with Crippen LogP contribution in [0.3, 0.4) is 0 Å². The highest BCUT2D eigenvalue weighted by Gasteiger charge is 2.28. The van der Waals surface area contributed by atoms with E-state index in [9.17, 15) is 0 Å². The number of para-hydroxylation sites is 5. The van der Waals surface area contributed by atoms with Crippen LogP contribution in [0.5, 0.6) is 0 Å². The van der Waals surface area contributed by atoms with Gasteiger partial charge in [0.2, 0.25) is 0 Å². The minimum Gasteiger partial charge on any atom is -0.309 e. The van der Waals surface area contributed by atoms with Crippen LogP contribution in [0.1, 0.15) is 0 Å². The first-order chi connectivity index (χ1) is 26.3. The molecule has 3 heteroatoms. The summed E-state index contributed by atoms with van der Waals surface area (Å²) in [5, 5.41) is 9.83. The number of fused-ring (bicyclic) bond motifs is 8. The summed E-state index contributed by atoms with van der Waals surface area (Å²) in [6.07, 6.45) is 0. The lowest BCUT2D eigenvalue weighted by Gasteiger charge is -2.28. The first-order valence-corrected chi connectivity index (χ1v) is 18.2. The molecule has 0 N–H and O–H groups in total. The van der Waals surface area contributed by atoms with Crippen LogP contribution >= 0.6 is 0 Å². The number of hydrogen-bond acceptors (Lipinski definition) is 2. The lowest BCUT2D eigenvalue weighted by Crippen LogP contribution is -2.11. The number of nitrogens with zero attached hydrogens (tertiary/aromatic N) is 3. The molecule has 248 valence electrons. The van der Waals surface area contributed by atoms with Crippen molar-refractivity contribution in [2.24, 2.45) is 0 Å². The summed E-state index contributed by atoms with van der Waals surface area (Å²) in [6, 6.07) is 72.5. The number of rotatable bonds is 6. The first kappa shape index (κ1) is 29.6. The van der Waals surface area contributed by atoms with Crippen LogP contribution in [0.4, 0.5) is 34.1 Å². The maximum absolute atomic E-state index is 2.55. The third-order valence-electron chi connectivity index (χ3n) is 10.8. The Labute approximate surface area is 307 Å². The van der Waals surface area contributed by atoms with Crippen molar-refractivity contribution in [1.29, 1.82) is 0 Å². The summed E-state index contributed by atoms with van der Waals surface area (Å²) in [6.45, 7) is 0. The molecule has 0 radical (unpaired) electrons. The Hall–Kier alpha value is -7.10. The molecule has 0 fully saturated rings. The summed E-state index contributed by atoms with van der Waals surface area (Å²) in [4.78, 5) is 4.89. The van der Waals surface area contributed by atoms with Crippen LogP contribution in [0.15, 0.2) is 200 Å². The Balaban J connectivity index is 1.34. The van der Waals surface area contributed by atoms with Gasteiger partial charge in [-0.2, -0.15) is 0 Å². The third kappa shape index (κ3) is 4.41. The fraction of sp³-hybridized carbons (Fsp3) is 0. The molecule has 0 aliphatic heterocycles. The first-order valence-electron chi connectivity index (χ1n) is 18.2. The van der Waals surface area contributed by atoms with E-state index in [0.29, 0.717) is 0 Å². The molecule has 9 aromatic carbocycles. The van der Waals surface area contributed by atoms with E-state index in [1.165, 1.54) is 71.0 Å². The number of benzene rings is 9. The molecule has 2 aromatic heterocycles.